The molecular formula is C14H20N2O4S. The van der Waals surface area contributed by atoms with Crippen molar-refractivity contribution in [1.82, 2.24) is 4.31 Å². The highest BCUT2D eigenvalue weighted by molar-refractivity contribution is 7.89. The summed E-state index contributed by atoms with van der Waals surface area (Å²) in [6.45, 7) is 4.99. The number of benzene rings is 1. The molecule has 2 heterocycles. The Labute approximate surface area is 124 Å². The molecule has 1 atom stereocenters. The molecule has 0 aliphatic carbocycles. The minimum Gasteiger partial charge on any atom is -0.454 e. The van der Waals surface area contributed by atoms with Crippen LogP contribution in [0.1, 0.15) is 20.3 Å². The van der Waals surface area contributed by atoms with Crippen LogP contribution in [-0.4, -0.2) is 38.6 Å². The van der Waals surface area contributed by atoms with E-state index in [4.69, 9.17) is 15.2 Å². The number of sulfonamides is 1. The van der Waals surface area contributed by atoms with E-state index in [1.807, 2.05) is 13.8 Å². The van der Waals surface area contributed by atoms with Gasteiger partial charge in [0.15, 0.2) is 11.5 Å². The fourth-order valence-electron chi connectivity index (χ4n) is 2.72. The molecule has 0 spiro atoms. The monoisotopic (exact) mass is 312 g/mol. The summed E-state index contributed by atoms with van der Waals surface area (Å²) in [5, 5.41) is 0. The van der Waals surface area contributed by atoms with Crippen LogP contribution in [0.3, 0.4) is 0 Å². The van der Waals surface area contributed by atoms with Gasteiger partial charge in [-0.3, -0.25) is 0 Å². The third-order valence-corrected chi connectivity index (χ3v) is 6.10. The summed E-state index contributed by atoms with van der Waals surface area (Å²) in [5.41, 5.74) is 5.84. The van der Waals surface area contributed by atoms with Crippen molar-refractivity contribution in [2.75, 3.05) is 19.9 Å². The number of piperidine rings is 1. The van der Waals surface area contributed by atoms with Gasteiger partial charge in [0.2, 0.25) is 16.8 Å². The van der Waals surface area contributed by atoms with Gasteiger partial charge >= 0.3 is 0 Å². The van der Waals surface area contributed by atoms with E-state index in [9.17, 15) is 8.42 Å². The van der Waals surface area contributed by atoms with Crippen LogP contribution in [0.4, 0.5) is 0 Å². The number of fused-ring (bicyclic) bond motifs is 1. The first kappa shape index (κ1) is 14.6. The lowest BCUT2D eigenvalue weighted by atomic mass is 9.81. The Hall–Kier alpha value is -1.31. The molecule has 116 valence electrons. The van der Waals surface area contributed by atoms with Crippen molar-refractivity contribution in [3.63, 3.8) is 0 Å². The summed E-state index contributed by atoms with van der Waals surface area (Å²) in [6.07, 6.45) is 0.663. The predicted octanol–water partition coefficient (Wildman–Crippen LogP) is 1.16. The molecule has 1 aromatic rings. The molecule has 0 bridgehead atoms. The Balaban J connectivity index is 1.90. The fourth-order valence-corrected chi connectivity index (χ4v) is 4.36. The fraction of sp³-hybridized carbons (Fsp3) is 0.571. The van der Waals surface area contributed by atoms with Gasteiger partial charge in [0.1, 0.15) is 0 Å². The Morgan fingerprint density at radius 2 is 2.00 bits per heavy atom. The van der Waals surface area contributed by atoms with Crippen LogP contribution >= 0.6 is 0 Å². The van der Waals surface area contributed by atoms with Gasteiger partial charge in [0, 0.05) is 25.2 Å². The Kier molecular flexibility index (Phi) is 3.38. The van der Waals surface area contributed by atoms with Crippen LogP contribution in [0.25, 0.3) is 0 Å². The van der Waals surface area contributed by atoms with Crippen molar-refractivity contribution in [1.29, 1.82) is 0 Å². The second-order valence-corrected chi connectivity index (χ2v) is 8.18. The molecule has 0 amide bonds. The molecule has 1 unspecified atom stereocenters. The molecule has 21 heavy (non-hydrogen) atoms. The van der Waals surface area contributed by atoms with Gasteiger partial charge in [0.05, 0.1) is 4.90 Å². The van der Waals surface area contributed by atoms with E-state index in [2.05, 4.69) is 0 Å². The van der Waals surface area contributed by atoms with E-state index in [0.29, 0.717) is 31.0 Å². The quantitative estimate of drug-likeness (QED) is 0.886. The van der Waals surface area contributed by atoms with Gasteiger partial charge in [-0.2, -0.15) is 4.31 Å². The number of hydrogen-bond donors (Lipinski definition) is 1. The molecule has 0 radical (unpaired) electrons. The lowest BCUT2D eigenvalue weighted by molar-refractivity contribution is 0.155. The van der Waals surface area contributed by atoms with Crippen molar-refractivity contribution < 1.29 is 17.9 Å². The van der Waals surface area contributed by atoms with Crippen LogP contribution in [-0.2, 0) is 10.0 Å². The summed E-state index contributed by atoms with van der Waals surface area (Å²) in [6, 6.07) is 4.74. The molecule has 0 saturated carbocycles. The lowest BCUT2D eigenvalue weighted by Crippen LogP contribution is -2.53. The Bertz CT molecular complexity index is 657. The van der Waals surface area contributed by atoms with E-state index in [-0.39, 0.29) is 23.1 Å². The van der Waals surface area contributed by atoms with Crippen LogP contribution in [0.5, 0.6) is 11.5 Å². The summed E-state index contributed by atoms with van der Waals surface area (Å²) in [7, 11) is -3.54. The first-order valence-corrected chi connectivity index (χ1v) is 8.40. The standard InChI is InChI=1S/C14H20N2O4S/c1-14(2)8-16(6-5-13(14)15)21(17,18)10-3-4-11-12(7-10)20-9-19-11/h3-4,7,13H,5-6,8-9,15H2,1-2H3. The number of nitrogens with zero attached hydrogens (tertiary/aromatic N) is 1. The molecule has 6 nitrogen and oxygen atoms in total. The molecule has 3 rings (SSSR count). The molecule has 2 N–H and O–H groups in total. The van der Waals surface area contributed by atoms with Crippen molar-refractivity contribution in [2.24, 2.45) is 11.1 Å². The highest BCUT2D eigenvalue weighted by Gasteiger charge is 2.39. The molecule has 1 fully saturated rings. The molecule has 2 aliphatic rings. The zero-order valence-electron chi connectivity index (χ0n) is 12.2. The average molecular weight is 312 g/mol. The third kappa shape index (κ3) is 2.49. The second kappa shape index (κ2) is 4.86. The maximum Gasteiger partial charge on any atom is 0.243 e. The highest BCUT2D eigenvalue weighted by atomic mass is 32.2. The summed E-state index contributed by atoms with van der Waals surface area (Å²) in [5.74, 6) is 1.05. The van der Waals surface area contributed by atoms with E-state index in [0.717, 1.165) is 0 Å². The minimum absolute atomic E-state index is 0.0145. The predicted molar refractivity (Wildman–Crippen MR) is 77.7 cm³/mol. The molecule has 7 heteroatoms. The zero-order valence-corrected chi connectivity index (χ0v) is 13.0. The topological polar surface area (TPSA) is 81.9 Å². The number of rotatable bonds is 2. The average Bonchev–Trinajstić information content (AvgIpc) is 2.88. The maximum absolute atomic E-state index is 12.8. The lowest BCUT2D eigenvalue weighted by Gasteiger charge is -2.41. The van der Waals surface area contributed by atoms with Gasteiger partial charge in [0.25, 0.3) is 0 Å². The number of hydrogen-bond acceptors (Lipinski definition) is 5. The van der Waals surface area contributed by atoms with Gasteiger partial charge in [-0.1, -0.05) is 13.8 Å². The van der Waals surface area contributed by atoms with Crippen molar-refractivity contribution in [3.05, 3.63) is 18.2 Å². The third-order valence-electron chi connectivity index (χ3n) is 4.26. The molecule has 2 aliphatic heterocycles. The van der Waals surface area contributed by atoms with Gasteiger partial charge in [-0.05, 0) is 24.0 Å². The van der Waals surface area contributed by atoms with Gasteiger partial charge in [-0.25, -0.2) is 8.42 Å². The first-order valence-electron chi connectivity index (χ1n) is 6.96. The van der Waals surface area contributed by atoms with Crippen LogP contribution in [0.2, 0.25) is 0 Å². The van der Waals surface area contributed by atoms with Crippen molar-refractivity contribution >= 4 is 10.0 Å². The van der Waals surface area contributed by atoms with E-state index in [1.165, 1.54) is 10.4 Å². The second-order valence-electron chi connectivity index (χ2n) is 6.24. The largest absolute Gasteiger partial charge is 0.454 e. The van der Waals surface area contributed by atoms with E-state index >= 15 is 0 Å². The van der Waals surface area contributed by atoms with Gasteiger partial charge in [-0.15, -0.1) is 0 Å². The maximum atomic E-state index is 12.8. The summed E-state index contributed by atoms with van der Waals surface area (Å²) < 4.78 is 37.5. The van der Waals surface area contributed by atoms with E-state index in [1.54, 1.807) is 12.1 Å². The normalized spacial score (nSPS) is 25.0. The highest BCUT2D eigenvalue weighted by Crippen LogP contribution is 2.36. The molecule has 1 aromatic carbocycles. The summed E-state index contributed by atoms with van der Waals surface area (Å²) >= 11 is 0. The Morgan fingerprint density at radius 3 is 2.71 bits per heavy atom. The number of ether oxygens (including phenoxy) is 2. The van der Waals surface area contributed by atoms with E-state index < -0.39 is 10.0 Å². The number of nitrogens with two attached hydrogens (primary N) is 1. The van der Waals surface area contributed by atoms with Crippen LogP contribution < -0.4 is 15.2 Å². The molecular weight excluding hydrogens is 292 g/mol. The van der Waals surface area contributed by atoms with Crippen molar-refractivity contribution in [3.8, 4) is 11.5 Å². The van der Waals surface area contributed by atoms with Crippen LogP contribution in [0.15, 0.2) is 23.1 Å². The smallest absolute Gasteiger partial charge is 0.243 e. The Morgan fingerprint density at radius 1 is 1.29 bits per heavy atom. The SMILES string of the molecule is CC1(C)CN(S(=O)(=O)c2ccc3c(c2)OCO3)CCC1N. The summed E-state index contributed by atoms with van der Waals surface area (Å²) in [4.78, 5) is 0.234. The van der Waals surface area contributed by atoms with Gasteiger partial charge < -0.3 is 15.2 Å². The first-order chi connectivity index (χ1) is 9.80. The van der Waals surface area contributed by atoms with Crippen molar-refractivity contribution in [2.45, 2.75) is 31.2 Å². The minimum atomic E-state index is -3.54. The van der Waals surface area contributed by atoms with Crippen LogP contribution in [0, 0.1) is 5.41 Å². The zero-order chi connectivity index (χ0) is 15.3. The molecule has 1 saturated heterocycles. The molecule has 0 aromatic heterocycles.